The molecule has 0 aromatic heterocycles. The Kier molecular flexibility index (Phi) is 4.71. The summed E-state index contributed by atoms with van der Waals surface area (Å²) in [5.41, 5.74) is 6.17. The number of amides is 1. The molecule has 0 heterocycles. The van der Waals surface area contributed by atoms with Gasteiger partial charge in [-0.1, -0.05) is 26.0 Å². The molecule has 3 N–H and O–H groups in total. The zero-order valence-corrected chi connectivity index (χ0v) is 10.8. The maximum atomic E-state index is 11.6. The maximum Gasteiger partial charge on any atom is 0.328 e. The van der Waals surface area contributed by atoms with Crippen molar-refractivity contribution >= 4 is 17.6 Å². The van der Waals surface area contributed by atoms with E-state index in [9.17, 15) is 9.59 Å². The van der Waals surface area contributed by atoms with Crippen molar-refractivity contribution in [2.24, 2.45) is 11.7 Å². The molecule has 0 aliphatic rings. The Hall–Kier alpha value is -2.04. The molecule has 98 valence electrons. The number of rotatable bonds is 5. The number of nitrogens with one attached hydrogen (secondary N) is 1. The highest BCUT2D eigenvalue weighted by Gasteiger charge is 2.24. The minimum absolute atomic E-state index is 0.0263. The number of ether oxygens (including phenoxy) is 1. The first-order chi connectivity index (χ1) is 8.47. The van der Waals surface area contributed by atoms with E-state index >= 15 is 0 Å². The van der Waals surface area contributed by atoms with Crippen LogP contribution in [0.3, 0.4) is 0 Å². The van der Waals surface area contributed by atoms with Crippen LogP contribution in [0, 0.1) is 5.92 Å². The van der Waals surface area contributed by atoms with Crippen LogP contribution in [0.2, 0.25) is 0 Å². The van der Waals surface area contributed by atoms with Gasteiger partial charge in [0.25, 0.3) is 5.91 Å². The van der Waals surface area contributed by atoms with Crippen molar-refractivity contribution < 1.29 is 14.3 Å². The lowest BCUT2D eigenvalue weighted by molar-refractivity contribution is -0.142. The molecule has 0 aliphatic heterocycles. The average Bonchev–Trinajstić information content (AvgIpc) is 2.34. The number of anilines is 1. The Morgan fingerprint density at radius 1 is 1.28 bits per heavy atom. The summed E-state index contributed by atoms with van der Waals surface area (Å²) in [6, 6.07) is 6.28. The van der Waals surface area contributed by atoms with E-state index in [1.807, 2.05) is 13.8 Å². The predicted octanol–water partition coefficient (Wildman–Crippen LogP) is 1.40. The van der Waals surface area contributed by atoms with Gasteiger partial charge in [-0.25, -0.2) is 4.79 Å². The quantitative estimate of drug-likeness (QED) is 0.774. The molecule has 1 atom stereocenters. The SMILES string of the molecule is COC(=O)C(Nc1ccccc1C(N)=O)C(C)C. The number of hydrogen-bond acceptors (Lipinski definition) is 4. The first-order valence-electron chi connectivity index (χ1n) is 5.70. The van der Waals surface area contributed by atoms with E-state index in [1.54, 1.807) is 24.3 Å². The van der Waals surface area contributed by atoms with Crippen molar-refractivity contribution in [3.8, 4) is 0 Å². The molecular weight excluding hydrogens is 232 g/mol. The number of para-hydroxylation sites is 1. The van der Waals surface area contributed by atoms with E-state index < -0.39 is 11.9 Å². The third-order valence-electron chi connectivity index (χ3n) is 2.63. The molecule has 1 aromatic carbocycles. The normalized spacial score (nSPS) is 12.0. The molecule has 0 radical (unpaired) electrons. The summed E-state index contributed by atoms with van der Waals surface area (Å²) >= 11 is 0. The van der Waals surface area contributed by atoms with Crippen molar-refractivity contribution in [2.45, 2.75) is 19.9 Å². The third-order valence-corrected chi connectivity index (χ3v) is 2.63. The summed E-state index contributed by atoms with van der Waals surface area (Å²) < 4.78 is 4.73. The summed E-state index contributed by atoms with van der Waals surface area (Å²) in [7, 11) is 1.33. The van der Waals surface area contributed by atoms with Gasteiger partial charge < -0.3 is 15.8 Å². The van der Waals surface area contributed by atoms with Gasteiger partial charge in [-0.15, -0.1) is 0 Å². The third kappa shape index (κ3) is 3.23. The largest absolute Gasteiger partial charge is 0.467 e. The van der Waals surface area contributed by atoms with E-state index in [0.717, 1.165) is 0 Å². The number of methoxy groups -OCH3 is 1. The number of carbonyl (C=O) groups is 2. The van der Waals surface area contributed by atoms with Gasteiger partial charge in [0.2, 0.25) is 0 Å². The number of nitrogens with two attached hydrogens (primary N) is 1. The highest BCUT2D eigenvalue weighted by molar-refractivity contribution is 5.99. The molecule has 0 aliphatic carbocycles. The van der Waals surface area contributed by atoms with Gasteiger partial charge in [0.15, 0.2) is 0 Å². The molecule has 1 aromatic rings. The molecule has 1 amide bonds. The van der Waals surface area contributed by atoms with Crippen molar-refractivity contribution in [3.05, 3.63) is 29.8 Å². The van der Waals surface area contributed by atoms with Crippen molar-refractivity contribution in [2.75, 3.05) is 12.4 Å². The Morgan fingerprint density at radius 2 is 1.89 bits per heavy atom. The predicted molar refractivity (Wildman–Crippen MR) is 69.2 cm³/mol. The minimum atomic E-state index is -0.537. The summed E-state index contributed by atoms with van der Waals surface area (Å²) in [4.78, 5) is 22.9. The number of primary amides is 1. The van der Waals surface area contributed by atoms with Gasteiger partial charge in [-0.05, 0) is 18.1 Å². The summed E-state index contributed by atoms with van der Waals surface area (Å²) in [6.45, 7) is 3.78. The lowest BCUT2D eigenvalue weighted by Crippen LogP contribution is -2.36. The van der Waals surface area contributed by atoms with Gasteiger partial charge in [-0.2, -0.15) is 0 Å². The van der Waals surface area contributed by atoms with Crippen LogP contribution < -0.4 is 11.1 Å². The fraction of sp³-hybridized carbons (Fsp3) is 0.385. The first kappa shape index (κ1) is 14.0. The summed E-state index contributed by atoms with van der Waals surface area (Å²) in [5.74, 6) is -0.881. The van der Waals surface area contributed by atoms with E-state index in [-0.39, 0.29) is 11.9 Å². The van der Waals surface area contributed by atoms with Crippen molar-refractivity contribution in [1.29, 1.82) is 0 Å². The lowest BCUT2D eigenvalue weighted by Gasteiger charge is -2.22. The lowest BCUT2D eigenvalue weighted by atomic mass is 10.0. The highest BCUT2D eigenvalue weighted by Crippen LogP contribution is 2.18. The van der Waals surface area contributed by atoms with Crippen LogP contribution in [0.15, 0.2) is 24.3 Å². The smallest absolute Gasteiger partial charge is 0.328 e. The Bertz CT molecular complexity index is 444. The van der Waals surface area contributed by atoms with Crippen LogP contribution in [0.4, 0.5) is 5.69 Å². The minimum Gasteiger partial charge on any atom is -0.467 e. The van der Waals surface area contributed by atoms with E-state index in [2.05, 4.69) is 5.32 Å². The fourth-order valence-corrected chi connectivity index (χ4v) is 1.62. The monoisotopic (exact) mass is 250 g/mol. The van der Waals surface area contributed by atoms with Crippen LogP contribution in [0.25, 0.3) is 0 Å². The number of carbonyl (C=O) groups excluding carboxylic acids is 2. The Morgan fingerprint density at radius 3 is 2.39 bits per heavy atom. The molecule has 0 saturated carbocycles. The Balaban J connectivity index is 3.01. The van der Waals surface area contributed by atoms with E-state index in [1.165, 1.54) is 7.11 Å². The molecule has 0 fully saturated rings. The number of hydrogen-bond donors (Lipinski definition) is 2. The molecule has 0 spiro atoms. The van der Waals surface area contributed by atoms with Gasteiger partial charge in [-0.3, -0.25) is 4.79 Å². The van der Waals surface area contributed by atoms with E-state index in [0.29, 0.717) is 11.3 Å². The van der Waals surface area contributed by atoms with Gasteiger partial charge >= 0.3 is 5.97 Å². The average molecular weight is 250 g/mol. The molecule has 1 rings (SSSR count). The van der Waals surface area contributed by atoms with Crippen LogP contribution in [-0.2, 0) is 9.53 Å². The fourth-order valence-electron chi connectivity index (χ4n) is 1.62. The molecule has 18 heavy (non-hydrogen) atoms. The van der Waals surface area contributed by atoms with Crippen LogP contribution in [-0.4, -0.2) is 25.0 Å². The second-order valence-corrected chi connectivity index (χ2v) is 4.30. The summed E-state index contributed by atoms with van der Waals surface area (Å²) in [6.07, 6.45) is 0. The number of benzene rings is 1. The molecule has 0 bridgehead atoms. The first-order valence-corrected chi connectivity index (χ1v) is 5.70. The van der Waals surface area contributed by atoms with Crippen LogP contribution in [0.5, 0.6) is 0 Å². The van der Waals surface area contributed by atoms with Crippen LogP contribution in [0.1, 0.15) is 24.2 Å². The standard InChI is InChI=1S/C13H18N2O3/c1-8(2)11(13(17)18-3)15-10-7-5-4-6-9(10)12(14)16/h4-8,11,15H,1-3H3,(H2,14,16). The Labute approximate surface area is 106 Å². The van der Waals surface area contributed by atoms with Gasteiger partial charge in [0, 0.05) is 5.69 Å². The van der Waals surface area contributed by atoms with Crippen molar-refractivity contribution in [1.82, 2.24) is 0 Å². The maximum absolute atomic E-state index is 11.6. The van der Waals surface area contributed by atoms with Crippen molar-refractivity contribution in [3.63, 3.8) is 0 Å². The molecule has 5 nitrogen and oxygen atoms in total. The second-order valence-electron chi connectivity index (χ2n) is 4.30. The highest BCUT2D eigenvalue weighted by atomic mass is 16.5. The molecule has 1 unspecified atom stereocenters. The number of esters is 1. The molecular formula is C13H18N2O3. The summed E-state index contributed by atoms with van der Waals surface area (Å²) in [5, 5.41) is 3.00. The molecule has 0 saturated heterocycles. The zero-order valence-electron chi connectivity index (χ0n) is 10.8. The zero-order chi connectivity index (χ0) is 13.7. The van der Waals surface area contributed by atoms with Gasteiger partial charge in [0.05, 0.1) is 12.7 Å². The topological polar surface area (TPSA) is 81.4 Å². The van der Waals surface area contributed by atoms with E-state index in [4.69, 9.17) is 10.5 Å². The second kappa shape index (κ2) is 6.05. The van der Waals surface area contributed by atoms with Gasteiger partial charge in [0.1, 0.15) is 6.04 Å². The molecule has 5 heteroatoms. The van der Waals surface area contributed by atoms with Crippen LogP contribution >= 0.6 is 0 Å².